The summed E-state index contributed by atoms with van der Waals surface area (Å²) in [5, 5.41) is 0. The predicted molar refractivity (Wildman–Crippen MR) is 167 cm³/mol. The molecule has 4 heteroatoms. The molecule has 4 nitrogen and oxygen atoms in total. The van der Waals surface area contributed by atoms with Gasteiger partial charge < -0.3 is 19.9 Å². The van der Waals surface area contributed by atoms with Gasteiger partial charge in [0, 0.05) is 5.54 Å². The minimum absolute atomic E-state index is 0.0152. The Balaban J connectivity index is 6.10. The molecule has 0 fully saturated rings. The second-order valence-electron chi connectivity index (χ2n) is 15.8. The number of nitrogens with two attached hydrogens (primary N) is 1. The third kappa shape index (κ3) is 14.0. The molecule has 0 aromatic rings. The Kier molecular flexibility index (Phi) is 15.1. The number of ether oxygens (including phenoxy) is 3. The summed E-state index contributed by atoms with van der Waals surface area (Å²) in [7, 11) is 0. The number of rotatable bonds is 20. The van der Waals surface area contributed by atoms with E-state index in [1.807, 2.05) is 0 Å². The summed E-state index contributed by atoms with van der Waals surface area (Å²) in [6, 6.07) is 0. The van der Waals surface area contributed by atoms with Crippen LogP contribution < -0.4 is 5.73 Å². The van der Waals surface area contributed by atoms with Crippen molar-refractivity contribution >= 4 is 0 Å². The van der Waals surface area contributed by atoms with Crippen LogP contribution in [-0.4, -0.2) is 42.2 Å². The van der Waals surface area contributed by atoms with E-state index in [1.165, 1.54) is 0 Å². The van der Waals surface area contributed by atoms with E-state index in [0.29, 0.717) is 30.3 Å². The maximum atomic E-state index is 6.75. The molecule has 0 saturated heterocycles. The number of hydrogen-bond donors (Lipinski definition) is 1. The summed E-state index contributed by atoms with van der Waals surface area (Å²) < 4.78 is 20.0. The Bertz CT molecular complexity index is 617. The van der Waals surface area contributed by atoms with Crippen LogP contribution in [0.15, 0.2) is 0 Å². The molecule has 0 aromatic carbocycles. The summed E-state index contributed by atoms with van der Waals surface area (Å²) in [6.45, 7) is 38.4. The molecule has 0 rings (SSSR count). The van der Waals surface area contributed by atoms with E-state index in [1.54, 1.807) is 0 Å². The molecule has 0 radical (unpaired) electrons. The Morgan fingerprint density at radius 1 is 0.553 bits per heavy atom. The minimum Gasteiger partial charge on any atom is -0.375 e. The molecule has 0 aliphatic rings. The standard InChI is InChI=1S/C34H71NO3/c1-17-33(16,38-21-29(9)32(14,15)35)24-34(18-2,22-30(10,11)36-19-27(7)25(3)4)23-31(12,13)37-20-28(8)26(5)6/h25-29H,17-24,35H2,1-16H3. The second-order valence-corrected chi connectivity index (χ2v) is 15.8. The minimum atomic E-state index is -0.262. The van der Waals surface area contributed by atoms with Crippen LogP contribution in [-0.2, 0) is 14.2 Å². The third-order valence-electron chi connectivity index (χ3n) is 9.55. The van der Waals surface area contributed by atoms with Gasteiger partial charge in [-0.25, -0.2) is 0 Å². The third-order valence-corrected chi connectivity index (χ3v) is 9.55. The Morgan fingerprint density at radius 3 is 1.24 bits per heavy atom. The van der Waals surface area contributed by atoms with E-state index >= 15 is 0 Å². The molecule has 0 amide bonds. The van der Waals surface area contributed by atoms with Crippen molar-refractivity contribution in [2.45, 2.75) is 165 Å². The van der Waals surface area contributed by atoms with Crippen LogP contribution in [0, 0.1) is 35.0 Å². The van der Waals surface area contributed by atoms with E-state index in [-0.39, 0.29) is 33.7 Å². The quantitative estimate of drug-likeness (QED) is 0.167. The largest absolute Gasteiger partial charge is 0.375 e. The van der Waals surface area contributed by atoms with Gasteiger partial charge in [0.25, 0.3) is 0 Å². The first-order chi connectivity index (χ1) is 17.0. The highest BCUT2D eigenvalue weighted by Crippen LogP contribution is 2.48. The normalized spacial score (nSPS) is 19.3. The lowest BCUT2D eigenvalue weighted by Gasteiger charge is -2.48. The van der Waals surface area contributed by atoms with Crippen LogP contribution in [0.25, 0.3) is 0 Å². The smallest absolute Gasteiger partial charge is 0.0657 e. The lowest BCUT2D eigenvalue weighted by atomic mass is 9.64. The molecule has 0 aromatic heterocycles. The van der Waals surface area contributed by atoms with E-state index in [2.05, 4.69) is 111 Å². The summed E-state index contributed by atoms with van der Waals surface area (Å²) in [6.07, 6.45) is 4.95. The van der Waals surface area contributed by atoms with Crippen LogP contribution in [0.4, 0.5) is 0 Å². The molecule has 0 aliphatic heterocycles. The first-order valence-electron chi connectivity index (χ1n) is 15.7. The van der Waals surface area contributed by atoms with Crippen LogP contribution in [0.2, 0.25) is 0 Å². The van der Waals surface area contributed by atoms with E-state index in [4.69, 9.17) is 19.9 Å². The molecule has 230 valence electrons. The van der Waals surface area contributed by atoms with Crippen molar-refractivity contribution in [3.63, 3.8) is 0 Å². The predicted octanol–water partition coefficient (Wildman–Crippen LogP) is 9.29. The summed E-state index contributed by atoms with van der Waals surface area (Å²) >= 11 is 0. The van der Waals surface area contributed by atoms with Gasteiger partial charge in [0.15, 0.2) is 0 Å². The van der Waals surface area contributed by atoms with E-state index < -0.39 is 0 Å². The van der Waals surface area contributed by atoms with Crippen molar-refractivity contribution in [1.82, 2.24) is 0 Å². The Hall–Kier alpha value is -0.160. The Morgan fingerprint density at radius 2 is 0.947 bits per heavy atom. The van der Waals surface area contributed by atoms with Gasteiger partial charge in [0.05, 0.1) is 36.6 Å². The van der Waals surface area contributed by atoms with Gasteiger partial charge in [-0.15, -0.1) is 0 Å². The molecular formula is C34H71NO3. The molecule has 38 heavy (non-hydrogen) atoms. The fraction of sp³-hybridized carbons (Fsp3) is 1.00. The zero-order chi connectivity index (χ0) is 30.2. The van der Waals surface area contributed by atoms with Crippen molar-refractivity contribution in [3.05, 3.63) is 0 Å². The fourth-order valence-corrected chi connectivity index (χ4v) is 5.18. The molecular weight excluding hydrogens is 470 g/mol. The molecule has 0 bridgehead atoms. The SMILES string of the molecule is CCC(CC(C)(C)OCC(C)C(C)C)(CC(C)(C)OCC(C)C(C)C)CC(C)(CC)OCC(C)C(C)(C)N. The van der Waals surface area contributed by atoms with Crippen molar-refractivity contribution in [2.75, 3.05) is 19.8 Å². The van der Waals surface area contributed by atoms with Crippen LogP contribution in [0.3, 0.4) is 0 Å². The topological polar surface area (TPSA) is 53.7 Å². The van der Waals surface area contributed by atoms with Gasteiger partial charge in [-0.1, -0.05) is 68.7 Å². The average Bonchev–Trinajstić information content (AvgIpc) is 2.77. The lowest BCUT2D eigenvalue weighted by molar-refractivity contribution is -0.136. The fourth-order valence-electron chi connectivity index (χ4n) is 5.18. The summed E-state index contributed by atoms with van der Waals surface area (Å²) in [5.41, 5.74) is 5.46. The zero-order valence-corrected chi connectivity index (χ0v) is 28.8. The van der Waals surface area contributed by atoms with Gasteiger partial charge in [-0.05, 0) is 109 Å². The average molecular weight is 542 g/mol. The maximum Gasteiger partial charge on any atom is 0.0657 e. The van der Waals surface area contributed by atoms with Gasteiger partial charge in [0.1, 0.15) is 0 Å². The van der Waals surface area contributed by atoms with Gasteiger partial charge in [-0.2, -0.15) is 0 Å². The van der Waals surface area contributed by atoms with Crippen LogP contribution in [0.5, 0.6) is 0 Å². The van der Waals surface area contributed by atoms with Crippen molar-refractivity contribution in [1.29, 1.82) is 0 Å². The summed E-state index contributed by atoms with van der Waals surface area (Å²) in [5.74, 6) is 2.57. The molecule has 4 atom stereocenters. The molecule has 0 spiro atoms. The van der Waals surface area contributed by atoms with Gasteiger partial charge in [-0.3, -0.25) is 0 Å². The monoisotopic (exact) mass is 542 g/mol. The molecule has 2 N–H and O–H groups in total. The molecule has 0 aliphatic carbocycles. The second kappa shape index (κ2) is 15.2. The highest BCUT2D eigenvalue weighted by atomic mass is 16.5. The van der Waals surface area contributed by atoms with E-state index in [0.717, 1.165) is 45.3 Å². The van der Waals surface area contributed by atoms with E-state index in [9.17, 15) is 0 Å². The van der Waals surface area contributed by atoms with Crippen LogP contribution in [0.1, 0.15) is 143 Å². The lowest BCUT2D eigenvalue weighted by Crippen LogP contribution is -2.47. The van der Waals surface area contributed by atoms with Crippen LogP contribution >= 0.6 is 0 Å². The Labute approximate surface area is 239 Å². The maximum absolute atomic E-state index is 6.75. The number of hydrogen-bond acceptors (Lipinski definition) is 4. The first kappa shape index (κ1) is 37.8. The molecule has 0 saturated carbocycles. The summed E-state index contributed by atoms with van der Waals surface area (Å²) in [4.78, 5) is 0. The van der Waals surface area contributed by atoms with Crippen molar-refractivity contribution in [2.24, 2.45) is 40.7 Å². The van der Waals surface area contributed by atoms with Gasteiger partial charge >= 0.3 is 0 Å². The molecule has 4 unspecified atom stereocenters. The van der Waals surface area contributed by atoms with Gasteiger partial charge in [0.2, 0.25) is 0 Å². The first-order valence-corrected chi connectivity index (χ1v) is 15.7. The highest BCUT2D eigenvalue weighted by Gasteiger charge is 2.45. The van der Waals surface area contributed by atoms with Crippen molar-refractivity contribution in [3.8, 4) is 0 Å². The van der Waals surface area contributed by atoms with Crippen molar-refractivity contribution < 1.29 is 14.2 Å². The zero-order valence-electron chi connectivity index (χ0n) is 28.8. The highest BCUT2D eigenvalue weighted by molar-refractivity contribution is 4.96. The molecule has 0 heterocycles.